The molecule has 0 radical (unpaired) electrons. The predicted molar refractivity (Wildman–Crippen MR) is 34.0 cm³/mol. The third kappa shape index (κ3) is 3.06. The first-order chi connectivity index (χ1) is 3.18. The molecule has 0 heterocycles. The summed E-state index contributed by atoms with van der Waals surface area (Å²) in [6.45, 7) is 3.77. The van der Waals surface area contributed by atoms with Gasteiger partial charge in [0.2, 0.25) is 0 Å². The van der Waals surface area contributed by atoms with Gasteiger partial charge in [-0.05, 0) is 0 Å². The van der Waals surface area contributed by atoms with Crippen molar-refractivity contribution in [2.24, 2.45) is 0 Å². The zero-order chi connectivity index (χ0) is 5.86. The Morgan fingerprint density at radius 3 is 2.14 bits per heavy atom. The third-order valence-electron chi connectivity index (χ3n) is 0.633. The van der Waals surface area contributed by atoms with Gasteiger partial charge < -0.3 is 0 Å². The van der Waals surface area contributed by atoms with Crippen molar-refractivity contribution in [2.45, 2.75) is 19.1 Å². The summed E-state index contributed by atoms with van der Waals surface area (Å²) in [5.74, 6) is 0. The minimum atomic E-state index is -0.813. The zero-order valence-corrected chi connectivity index (χ0v) is 6.05. The highest BCUT2D eigenvalue weighted by atomic mass is 35.5. The molecule has 1 atom stereocenters. The van der Waals surface area contributed by atoms with Gasteiger partial charge in [0.25, 0.3) is 0 Å². The average molecular weight is 141 g/mol. The van der Waals surface area contributed by atoms with Crippen LogP contribution in [0.1, 0.15) is 13.8 Å². The van der Waals surface area contributed by atoms with Crippen molar-refractivity contribution >= 4 is 22.4 Å². The first-order valence-corrected chi connectivity index (χ1v) is 4.03. The van der Waals surface area contributed by atoms with E-state index in [1.54, 1.807) is 0 Å². The number of halogens is 1. The van der Waals surface area contributed by atoms with Gasteiger partial charge in [0.15, 0.2) is 0 Å². The van der Waals surface area contributed by atoms with Gasteiger partial charge in [-0.2, -0.15) is 0 Å². The van der Waals surface area contributed by atoms with Gasteiger partial charge >= 0.3 is 0 Å². The Hall–Kier alpha value is 0.440. The summed E-state index contributed by atoms with van der Waals surface area (Å²) >= 11 is 5.25. The van der Waals surface area contributed by atoms with E-state index in [0.717, 1.165) is 0 Å². The summed E-state index contributed by atoms with van der Waals surface area (Å²) in [6, 6.07) is 0. The maximum absolute atomic E-state index is 10.5. The number of alkyl halides is 1. The van der Waals surface area contributed by atoms with Gasteiger partial charge in [0.1, 0.15) is 0 Å². The highest BCUT2D eigenvalue weighted by molar-refractivity contribution is 7.86. The summed E-state index contributed by atoms with van der Waals surface area (Å²) in [5, 5.41) is 0.468. The van der Waals surface area contributed by atoms with Crippen LogP contribution in [0, 0.1) is 0 Å². The van der Waals surface area contributed by atoms with E-state index in [1.807, 2.05) is 13.8 Å². The van der Waals surface area contributed by atoms with Crippen LogP contribution in [0.2, 0.25) is 0 Å². The standard InChI is InChI=1S/C4H9ClOS/c1-4(2)7(6)3-5/h4H,3H2,1-2H3. The smallest absolute Gasteiger partial charge is 0.0982 e. The minimum Gasteiger partial charge on any atom is -0.258 e. The molecule has 0 saturated heterocycles. The van der Waals surface area contributed by atoms with Gasteiger partial charge in [-0.1, -0.05) is 13.8 Å². The fraction of sp³-hybridized carbons (Fsp3) is 1.00. The first kappa shape index (κ1) is 7.44. The van der Waals surface area contributed by atoms with E-state index in [0.29, 0.717) is 0 Å². The van der Waals surface area contributed by atoms with Crippen LogP contribution in [0.5, 0.6) is 0 Å². The van der Waals surface area contributed by atoms with E-state index in [9.17, 15) is 4.21 Å². The minimum absolute atomic E-state index is 0.206. The molecule has 1 unspecified atom stereocenters. The normalized spacial score (nSPS) is 14.9. The molecule has 0 amide bonds. The predicted octanol–water partition coefficient (Wildman–Crippen LogP) is 1.34. The van der Waals surface area contributed by atoms with E-state index >= 15 is 0 Å². The fourth-order valence-corrected chi connectivity index (χ4v) is 1.13. The van der Waals surface area contributed by atoms with Crippen LogP contribution < -0.4 is 0 Å². The lowest BCUT2D eigenvalue weighted by Gasteiger charge is -1.96. The van der Waals surface area contributed by atoms with Crippen LogP contribution in [0.4, 0.5) is 0 Å². The van der Waals surface area contributed by atoms with Crippen molar-refractivity contribution in [1.29, 1.82) is 0 Å². The van der Waals surface area contributed by atoms with E-state index in [1.165, 1.54) is 0 Å². The number of hydrogen-bond donors (Lipinski definition) is 0. The Morgan fingerprint density at radius 2 is 2.14 bits per heavy atom. The molecule has 44 valence electrons. The number of hydrogen-bond acceptors (Lipinski definition) is 1. The first-order valence-electron chi connectivity index (χ1n) is 2.11. The van der Waals surface area contributed by atoms with E-state index in [-0.39, 0.29) is 10.5 Å². The molecule has 3 heteroatoms. The lowest BCUT2D eigenvalue weighted by atomic mass is 10.6. The molecule has 1 nitrogen and oxygen atoms in total. The number of rotatable bonds is 2. The molecule has 0 bridgehead atoms. The molecule has 0 aromatic carbocycles. The highest BCUT2D eigenvalue weighted by Gasteiger charge is 1.99. The summed E-state index contributed by atoms with van der Waals surface area (Å²) < 4.78 is 10.5. The zero-order valence-electron chi connectivity index (χ0n) is 4.48. The molecule has 7 heavy (non-hydrogen) atoms. The largest absolute Gasteiger partial charge is 0.258 e. The highest BCUT2D eigenvalue weighted by Crippen LogP contribution is 1.94. The summed E-state index contributed by atoms with van der Waals surface area (Å²) in [7, 11) is -0.813. The van der Waals surface area contributed by atoms with Gasteiger partial charge in [0.05, 0.1) is 5.21 Å². The molecule has 0 spiro atoms. The second kappa shape index (κ2) is 3.44. The van der Waals surface area contributed by atoms with Crippen molar-refractivity contribution in [3.63, 3.8) is 0 Å². The topological polar surface area (TPSA) is 17.1 Å². The van der Waals surface area contributed by atoms with Gasteiger partial charge in [-0.15, -0.1) is 11.6 Å². The molecule has 0 N–H and O–H groups in total. The van der Waals surface area contributed by atoms with Gasteiger partial charge in [-0.3, -0.25) is 4.21 Å². The fourth-order valence-electron chi connectivity index (χ4n) is 0.126. The van der Waals surface area contributed by atoms with E-state index in [2.05, 4.69) is 0 Å². The van der Waals surface area contributed by atoms with Crippen LogP contribution >= 0.6 is 11.6 Å². The molecule has 0 fully saturated rings. The Bertz CT molecular complexity index is 72.1. The summed E-state index contributed by atoms with van der Waals surface area (Å²) in [4.78, 5) is 0. The molecule has 0 aromatic rings. The second-order valence-electron chi connectivity index (χ2n) is 1.54. The third-order valence-corrected chi connectivity index (χ3v) is 2.55. The molecule has 0 aliphatic carbocycles. The van der Waals surface area contributed by atoms with Crippen molar-refractivity contribution < 1.29 is 4.21 Å². The molecule has 0 aromatic heterocycles. The van der Waals surface area contributed by atoms with Crippen molar-refractivity contribution in [1.82, 2.24) is 0 Å². The summed E-state index contributed by atoms with van der Waals surface area (Å²) in [6.07, 6.45) is 0. The molecule has 0 aliphatic heterocycles. The Labute approximate surface area is 51.5 Å². The maximum Gasteiger partial charge on any atom is 0.0982 e. The van der Waals surface area contributed by atoms with Crippen molar-refractivity contribution in [3.05, 3.63) is 0 Å². The van der Waals surface area contributed by atoms with Crippen molar-refractivity contribution in [3.8, 4) is 0 Å². The van der Waals surface area contributed by atoms with Gasteiger partial charge in [0, 0.05) is 16.0 Å². The van der Waals surface area contributed by atoms with Crippen molar-refractivity contribution in [2.75, 3.05) is 5.21 Å². The Kier molecular flexibility index (Phi) is 3.66. The Balaban J connectivity index is 3.35. The van der Waals surface area contributed by atoms with Crippen LogP contribution in [0.25, 0.3) is 0 Å². The van der Waals surface area contributed by atoms with Crippen LogP contribution in [0.15, 0.2) is 0 Å². The summed E-state index contributed by atoms with van der Waals surface area (Å²) in [5.41, 5.74) is 0. The second-order valence-corrected chi connectivity index (χ2v) is 4.12. The molecule has 0 aliphatic rings. The van der Waals surface area contributed by atoms with Crippen LogP contribution in [-0.2, 0) is 10.8 Å². The lowest BCUT2D eigenvalue weighted by Crippen LogP contribution is -2.05. The molecule has 0 rings (SSSR count). The SMILES string of the molecule is CC(C)S(=O)CCl. The van der Waals surface area contributed by atoms with Gasteiger partial charge in [-0.25, -0.2) is 0 Å². The maximum atomic E-state index is 10.5. The van der Waals surface area contributed by atoms with Crippen LogP contribution in [0.3, 0.4) is 0 Å². The quantitative estimate of drug-likeness (QED) is 0.529. The van der Waals surface area contributed by atoms with E-state index < -0.39 is 10.8 Å². The monoisotopic (exact) mass is 140 g/mol. The Morgan fingerprint density at radius 1 is 1.71 bits per heavy atom. The molecular formula is C4H9ClOS. The molecule has 0 saturated carbocycles. The van der Waals surface area contributed by atoms with Crippen LogP contribution in [-0.4, -0.2) is 14.7 Å². The lowest BCUT2D eigenvalue weighted by molar-refractivity contribution is 0.680. The average Bonchev–Trinajstić information content (AvgIpc) is 1.65. The molecular weight excluding hydrogens is 132 g/mol. The van der Waals surface area contributed by atoms with E-state index in [4.69, 9.17) is 11.6 Å².